The van der Waals surface area contributed by atoms with Crippen LogP contribution in [0.5, 0.6) is 5.75 Å². The second kappa shape index (κ2) is 11.3. The van der Waals surface area contributed by atoms with Crippen LogP contribution in [-0.4, -0.2) is 39.2 Å². The minimum Gasteiger partial charge on any atom is -0.497 e. The van der Waals surface area contributed by atoms with Crippen molar-refractivity contribution in [1.82, 2.24) is 20.2 Å². The summed E-state index contributed by atoms with van der Waals surface area (Å²) in [6, 6.07) is 23.5. The predicted molar refractivity (Wildman–Crippen MR) is 143 cm³/mol. The van der Waals surface area contributed by atoms with Gasteiger partial charge in [-0.25, -0.2) is 5.43 Å². The molecular formula is C26H24BrN5O2S. The Hall–Kier alpha value is -3.43. The number of rotatable bonds is 8. The van der Waals surface area contributed by atoms with Gasteiger partial charge in [0.05, 0.1) is 18.6 Å². The van der Waals surface area contributed by atoms with Gasteiger partial charge >= 0.3 is 0 Å². The smallest absolute Gasteiger partial charge is 0.250 e. The van der Waals surface area contributed by atoms with Gasteiger partial charge in [-0.15, -0.1) is 10.2 Å². The van der Waals surface area contributed by atoms with Crippen LogP contribution < -0.4 is 10.2 Å². The predicted octanol–water partition coefficient (Wildman–Crippen LogP) is 5.65. The first-order valence-corrected chi connectivity index (χ1v) is 12.6. The van der Waals surface area contributed by atoms with Crippen molar-refractivity contribution in [3.05, 3.63) is 88.4 Å². The van der Waals surface area contributed by atoms with E-state index in [9.17, 15) is 4.79 Å². The van der Waals surface area contributed by atoms with Crippen LogP contribution in [0, 0.1) is 6.92 Å². The second-order valence-corrected chi connectivity index (χ2v) is 9.59. The highest BCUT2D eigenvalue weighted by Gasteiger charge is 2.17. The molecule has 0 spiro atoms. The number of hydrazone groups is 1. The van der Waals surface area contributed by atoms with Gasteiger partial charge in [-0.1, -0.05) is 57.5 Å². The van der Waals surface area contributed by atoms with Gasteiger partial charge in [0, 0.05) is 15.7 Å². The zero-order chi connectivity index (χ0) is 24.8. The molecule has 35 heavy (non-hydrogen) atoms. The SMILES string of the molecule is COc1ccc(-c2nnc(SCC(=O)N/N=C(\C)c3ccc(Br)cc3)n2-c2ccc(C)cc2)cc1. The Morgan fingerprint density at radius 3 is 2.37 bits per heavy atom. The normalized spacial score (nSPS) is 11.4. The fourth-order valence-electron chi connectivity index (χ4n) is 3.28. The fourth-order valence-corrected chi connectivity index (χ4v) is 4.29. The number of hydrogen-bond donors (Lipinski definition) is 1. The van der Waals surface area contributed by atoms with Crippen LogP contribution in [0.3, 0.4) is 0 Å². The Morgan fingerprint density at radius 2 is 1.71 bits per heavy atom. The Kier molecular flexibility index (Phi) is 7.99. The van der Waals surface area contributed by atoms with Crippen molar-refractivity contribution in [3.8, 4) is 22.8 Å². The zero-order valence-electron chi connectivity index (χ0n) is 19.5. The summed E-state index contributed by atoms with van der Waals surface area (Å²) in [5.74, 6) is 1.36. The molecular weight excluding hydrogens is 526 g/mol. The maximum Gasteiger partial charge on any atom is 0.250 e. The van der Waals surface area contributed by atoms with Crippen molar-refractivity contribution in [2.75, 3.05) is 12.9 Å². The molecule has 0 aliphatic heterocycles. The standard InChI is InChI=1S/C26H24BrN5O2S/c1-17-4-12-22(13-5-17)32-25(20-8-14-23(34-3)15-9-20)30-31-26(32)35-16-24(33)29-28-18(2)19-6-10-21(27)11-7-19/h4-15H,16H2,1-3H3,(H,29,33)/b28-18+. The van der Waals surface area contributed by atoms with E-state index in [4.69, 9.17) is 4.74 Å². The molecule has 178 valence electrons. The van der Waals surface area contributed by atoms with Crippen molar-refractivity contribution in [2.45, 2.75) is 19.0 Å². The first-order valence-electron chi connectivity index (χ1n) is 10.8. The van der Waals surface area contributed by atoms with Gasteiger partial charge in [0.25, 0.3) is 5.91 Å². The molecule has 1 heterocycles. The van der Waals surface area contributed by atoms with Crippen LogP contribution in [-0.2, 0) is 4.79 Å². The lowest BCUT2D eigenvalue weighted by Gasteiger charge is -2.11. The van der Waals surface area contributed by atoms with Crippen LogP contribution in [0.15, 0.2) is 87.5 Å². The average molecular weight is 550 g/mol. The summed E-state index contributed by atoms with van der Waals surface area (Å²) in [6.45, 7) is 3.89. The maximum atomic E-state index is 12.5. The number of methoxy groups -OCH3 is 1. The summed E-state index contributed by atoms with van der Waals surface area (Å²) in [4.78, 5) is 12.5. The molecule has 0 aliphatic carbocycles. The molecule has 0 aliphatic rings. The number of benzene rings is 3. The maximum absolute atomic E-state index is 12.5. The van der Waals surface area contributed by atoms with Gasteiger partial charge in [-0.3, -0.25) is 9.36 Å². The summed E-state index contributed by atoms with van der Waals surface area (Å²) in [6.07, 6.45) is 0. The van der Waals surface area contributed by atoms with E-state index in [1.807, 2.05) is 91.2 Å². The molecule has 7 nitrogen and oxygen atoms in total. The Morgan fingerprint density at radius 1 is 1.03 bits per heavy atom. The number of thioether (sulfide) groups is 1. The first-order chi connectivity index (χ1) is 16.9. The fraction of sp³-hybridized carbons (Fsp3) is 0.154. The monoisotopic (exact) mass is 549 g/mol. The molecule has 0 bridgehead atoms. The van der Waals surface area contributed by atoms with E-state index in [1.165, 1.54) is 11.8 Å². The van der Waals surface area contributed by atoms with E-state index in [-0.39, 0.29) is 11.7 Å². The van der Waals surface area contributed by atoms with E-state index < -0.39 is 0 Å². The topological polar surface area (TPSA) is 81.4 Å². The molecule has 0 radical (unpaired) electrons. The number of aryl methyl sites for hydroxylation is 1. The number of nitrogens with zero attached hydrogens (tertiary/aromatic N) is 4. The van der Waals surface area contributed by atoms with E-state index in [1.54, 1.807) is 7.11 Å². The first kappa shape index (κ1) is 24.7. The second-order valence-electron chi connectivity index (χ2n) is 7.73. The van der Waals surface area contributed by atoms with Crippen molar-refractivity contribution >= 4 is 39.3 Å². The Labute approximate surface area is 216 Å². The summed E-state index contributed by atoms with van der Waals surface area (Å²) >= 11 is 4.72. The molecule has 0 fully saturated rings. The third kappa shape index (κ3) is 6.17. The highest BCUT2D eigenvalue weighted by Crippen LogP contribution is 2.29. The minimum atomic E-state index is -0.226. The number of ether oxygens (including phenoxy) is 1. The number of amides is 1. The molecule has 1 N–H and O–H groups in total. The van der Waals surface area contributed by atoms with E-state index in [2.05, 4.69) is 36.7 Å². The Bertz CT molecular complexity index is 1330. The van der Waals surface area contributed by atoms with Crippen molar-refractivity contribution in [2.24, 2.45) is 5.10 Å². The number of carbonyl (C=O) groups is 1. The third-order valence-electron chi connectivity index (χ3n) is 5.22. The highest BCUT2D eigenvalue weighted by molar-refractivity contribution is 9.10. The average Bonchev–Trinajstić information content (AvgIpc) is 3.31. The summed E-state index contributed by atoms with van der Waals surface area (Å²) < 4.78 is 8.21. The lowest BCUT2D eigenvalue weighted by atomic mass is 10.1. The van der Waals surface area contributed by atoms with Gasteiger partial charge in [0.2, 0.25) is 0 Å². The molecule has 0 atom stereocenters. The zero-order valence-corrected chi connectivity index (χ0v) is 21.9. The number of carbonyl (C=O) groups excluding carboxylic acids is 1. The molecule has 0 saturated heterocycles. The van der Waals surface area contributed by atoms with Crippen LogP contribution in [0.4, 0.5) is 0 Å². The van der Waals surface area contributed by atoms with Crippen molar-refractivity contribution < 1.29 is 9.53 Å². The van der Waals surface area contributed by atoms with E-state index in [0.29, 0.717) is 11.0 Å². The van der Waals surface area contributed by atoms with Crippen molar-refractivity contribution in [3.63, 3.8) is 0 Å². The number of hydrogen-bond acceptors (Lipinski definition) is 6. The molecule has 0 unspecified atom stereocenters. The van der Waals surface area contributed by atoms with Crippen LogP contribution in [0.25, 0.3) is 17.1 Å². The van der Waals surface area contributed by atoms with Crippen molar-refractivity contribution in [1.29, 1.82) is 0 Å². The van der Waals surface area contributed by atoms with Gasteiger partial charge in [0.1, 0.15) is 5.75 Å². The number of nitrogens with one attached hydrogen (secondary N) is 1. The third-order valence-corrected chi connectivity index (χ3v) is 6.67. The lowest BCUT2D eigenvalue weighted by molar-refractivity contribution is -0.118. The summed E-state index contributed by atoms with van der Waals surface area (Å²) in [5, 5.41) is 13.7. The summed E-state index contributed by atoms with van der Waals surface area (Å²) in [7, 11) is 1.63. The molecule has 4 rings (SSSR count). The molecule has 0 saturated carbocycles. The van der Waals surface area contributed by atoms with Gasteiger partial charge in [-0.2, -0.15) is 5.10 Å². The lowest BCUT2D eigenvalue weighted by Crippen LogP contribution is -2.21. The van der Waals surface area contributed by atoms with Gasteiger partial charge < -0.3 is 4.74 Å². The largest absolute Gasteiger partial charge is 0.497 e. The molecule has 1 amide bonds. The molecule has 9 heteroatoms. The van der Waals surface area contributed by atoms with Gasteiger partial charge in [0.15, 0.2) is 11.0 Å². The van der Waals surface area contributed by atoms with E-state index >= 15 is 0 Å². The Balaban J connectivity index is 1.53. The minimum absolute atomic E-state index is 0.143. The van der Waals surface area contributed by atoms with Crippen LogP contribution >= 0.6 is 27.7 Å². The van der Waals surface area contributed by atoms with E-state index in [0.717, 1.165) is 38.3 Å². The highest BCUT2D eigenvalue weighted by atomic mass is 79.9. The summed E-state index contributed by atoms with van der Waals surface area (Å²) in [5.41, 5.74) is 7.25. The van der Waals surface area contributed by atoms with Gasteiger partial charge in [-0.05, 0) is 67.9 Å². The molecule has 1 aromatic heterocycles. The number of aromatic nitrogens is 3. The molecule has 3 aromatic carbocycles. The molecule has 4 aromatic rings. The number of halogens is 1. The van der Waals surface area contributed by atoms with Crippen LogP contribution in [0.2, 0.25) is 0 Å². The van der Waals surface area contributed by atoms with Crippen LogP contribution in [0.1, 0.15) is 18.1 Å². The quantitative estimate of drug-likeness (QED) is 0.174.